The number of rotatable bonds is 3. The minimum Gasteiger partial charge on any atom is -0.484 e. The van der Waals surface area contributed by atoms with E-state index < -0.39 is 0 Å². The largest absolute Gasteiger partial charge is 0.484 e. The number of aromatic nitrogens is 1. The molecule has 112 valence electrons. The zero-order chi connectivity index (χ0) is 15.5. The highest BCUT2D eigenvalue weighted by Crippen LogP contribution is 2.28. The molecule has 0 unspecified atom stereocenters. The minimum atomic E-state index is 0.523. The number of ether oxygens (including phenoxy) is 1. The molecule has 0 amide bonds. The molecule has 2 aromatic rings. The molecule has 0 radical (unpaired) electrons. The van der Waals surface area contributed by atoms with Gasteiger partial charge in [0.1, 0.15) is 0 Å². The second-order valence-electron chi connectivity index (χ2n) is 4.90. The fourth-order valence-electron chi connectivity index (χ4n) is 2.47. The zero-order valence-corrected chi connectivity index (χ0v) is 13.5. The molecule has 5 nitrogen and oxygen atoms in total. The Bertz CT molecular complexity index is 772. The van der Waals surface area contributed by atoms with Crippen LogP contribution in [0.3, 0.4) is 0 Å². The molecule has 0 fully saturated rings. The molecule has 1 N–H and O–H groups in total. The standard InChI is InChI=1S/C16H14BrN3O2/c1-22-15-9-13-12(5-6-18-16(13)19-15)14(20-21)8-10-3-2-4-11(17)7-10/h2-7,21H,8-9H2,1H3/b20-14+. The smallest absolute Gasteiger partial charge is 0.194 e. The molecule has 1 aliphatic rings. The Kier molecular flexibility index (Phi) is 4.20. The molecule has 0 saturated carbocycles. The van der Waals surface area contributed by atoms with Crippen molar-refractivity contribution in [2.45, 2.75) is 12.8 Å². The summed E-state index contributed by atoms with van der Waals surface area (Å²) in [7, 11) is 1.59. The third kappa shape index (κ3) is 2.87. The fourth-order valence-corrected chi connectivity index (χ4v) is 2.92. The van der Waals surface area contributed by atoms with E-state index in [1.165, 1.54) is 0 Å². The highest BCUT2D eigenvalue weighted by atomic mass is 79.9. The van der Waals surface area contributed by atoms with E-state index in [1.54, 1.807) is 13.3 Å². The Balaban J connectivity index is 1.93. The second kappa shape index (κ2) is 6.27. The number of pyridine rings is 1. The van der Waals surface area contributed by atoms with Crippen LogP contribution in [-0.2, 0) is 17.6 Å². The maximum atomic E-state index is 9.45. The van der Waals surface area contributed by atoms with E-state index >= 15 is 0 Å². The molecule has 1 aromatic carbocycles. The summed E-state index contributed by atoms with van der Waals surface area (Å²) in [4.78, 5) is 8.55. The van der Waals surface area contributed by atoms with Crippen LogP contribution >= 0.6 is 15.9 Å². The number of hydrogen-bond acceptors (Lipinski definition) is 5. The van der Waals surface area contributed by atoms with Crippen LogP contribution in [-0.4, -0.2) is 28.9 Å². The Morgan fingerprint density at radius 3 is 3.00 bits per heavy atom. The first-order valence-electron chi connectivity index (χ1n) is 6.76. The van der Waals surface area contributed by atoms with Crippen LogP contribution in [0.25, 0.3) is 0 Å². The summed E-state index contributed by atoms with van der Waals surface area (Å²) < 4.78 is 6.19. The predicted octanol–water partition coefficient (Wildman–Crippen LogP) is 3.50. The first-order chi connectivity index (χ1) is 10.7. The molecule has 6 heteroatoms. The highest BCUT2D eigenvalue weighted by Gasteiger charge is 2.22. The number of methoxy groups -OCH3 is 1. The Hall–Kier alpha value is -2.21. The summed E-state index contributed by atoms with van der Waals surface area (Å²) in [5, 5.41) is 12.9. The Labute approximate surface area is 136 Å². The molecule has 0 atom stereocenters. The lowest BCUT2D eigenvalue weighted by atomic mass is 9.98. The molecular formula is C16H14BrN3O2. The van der Waals surface area contributed by atoms with Crippen LogP contribution < -0.4 is 0 Å². The van der Waals surface area contributed by atoms with Gasteiger partial charge < -0.3 is 9.94 Å². The van der Waals surface area contributed by atoms with Crippen molar-refractivity contribution in [1.29, 1.82) is 0 Å². The van der Waals surface area contributed by atoms with E-state index in [0.29, 0.717) is 30.3 Å². The van der Waals surface area contributed by atoms with Crippen molar-refractivity contribution in [1.82, 2.24) is 4.98 Å². The van der Waals surface area contributed by atoms with Gasteiger partial charge in [0.2, 0.25) is 0 Å². The van der Waals surface area contributed by atoms with Gasteiger partial charge in [-0.25, -0.2) is 4.98 Å². The van der Waals surface area contributed by atoms with Gasteiger partial charge in [-0.15, -0.1) is 0 Å². The number of benzene rings is 1. The maximum Gasteiger partial charge on any atom is 0.194 e. The van der Waals surface area contributed by atoms with Gasteiger partial charge in [-0.3, -0.25) is 0 Å². The average Bonchev–Trinajstić information content (AvgIpc) is 2.96. The summed E-state index contributed by atoms with van der Waals surface area (Å²) in [6, 6.07) is 9.76. The monoisotopic (exact) mass is 359 g/mol. The van der Waals surface area contributed by atoms with Gasteiger partial charge in [0.15, 0.2) is 11.7 Å². The molecule has 1 aliphatic heterocycles. The Morgan fingerprint density at radius 1 is 1.41 bits per heavy atom. The van der Waals surface area contributed by atoms with Crippen molar-refractivity contribution in [2.24, 2.45) is 10.1 Å². The third-order valence-corrected chi connectivity index (χ3v) is 4.01. The number of nitrogens with zero attached hydrogens (tertiary/aromatic N) is 3. The molecule has 3 rings (SSSR count). The van der Waals surface area contributed by atoms with Gasteiger partial charge in [0.05, 0.1) is 19.2 Å². The number of aliphatic imine (C=N–C) groups is 1. The van der Waals surface area contributed by atoms with Crippen LogP contribution in [0.5, 0.6) is 0 Å². The third-order valence-electron chi connectivity index (χ3n) is 3.52. The molecule has 0 spiro atoms. The van der Waals surface area contributed by atoms with Gasteiger partial charge in [-0.2, -0.15) is 4.99 Å². The highest BCUT2D eigenvalue weighted by molar-refractivity contribution is 9.10. The van der Waals surface area contributed by atoms with Crippen molar-refractivity contribution >= 4 is 33.4 Å². The van der Waals surface area contributed by atoms with Gasteiger partial charge in [0.25, 0.3) is 0 Å². The molecule has 0 aliphatic carbocycles. The van der Waals surface area contributed by atoms with Crippen molar-refractivity contribution in [3.8, 4) is 0 Å². The van der Waals surface area contributed by atoms with E-state index in [1.807, 2.05) is 30.3 Å². The summed E-state index contributed by atoms with van der Waals surface area (Å²) in [6.07, 6.45) is 2.75. The first-order valence-corrected chi connectivity index (χ1v) is 7.55. The summed E-state index contributed by atoms with van der Waals surface area (Å²) in [6.45, 7) is 0. The molecule has 0 saturated heterocycles. The average molecular weight is 360 g/mol. The van der Waals surface area contributed by atoms with Crippen LogP contribution in [0, 0.1) is 0 Å². The molecule has 1 aromatic heterocycles. The van der Waals surface area contributed by atoms with E-state index in [0.717, 1.165) is 21.2 Å². The number of oxime groups is 1. The fraction of sp³-hybridized carbons (Fsp3) is 0.188. The normalized spacial score (nSPS) is 13.7. The Morgan fingerprint density at radius 2 is 2.27 bits per heavy atom. The first kappa shape index (κ1) is 14.7. The number of hydrogen-bond donors (Lipinski definition) is 1. The van der Waals surface area contributed by atoms with Crippen molar-refractivity contribution in [2.75, 3.05) is 7.11 Å². The van der Waals surface area contributed by atoms with Crippen LogP contribution in [0.4, 0.5) is 5.82 Å². The van der Waals surface area contributed by atoms with Crippen LogP contribution in [0.1, 0.15) is 16.7 Å². The van der Waals surface area contributed by atoms with Crippen molar-refractivity contribution in [3.05, 3.63) is 57.7 Å². The molecule has 0 bridgehead atoms. The maximum absolute atomic E-state index is 9.45. The molecule has 2 heterocycles. The lowest BCUT2D eigenvalue weighted by molar-refractivity contribution is 0.318. The van der Waals surface area contributed by atoms with E-state index in [4.69, 9.17) is 4.74 Å². The quantitative estimate of drug-likeness (QED) is 0.518. The summed E-state index contributed by atoms with van der Waals surface area (Å²) >= 11 is 3.45. The van der Waals surface area contributed by atoms with Crippen molar-refractivity contribution in [3.63, 3.8) is 0 Å². The lowest BCUT2D eigenvalue weighted by Gasteiger charge is -2.09. The van der Waals surface area contributed by atoms with Gasteiger partial charge >= 0.3 is 0 Å². The van der Waals surface area contributed by atoms with Crippen LogP contribution in [0.2, 0.25) is 0 Å². The van der Waals surface area contributed by atoms with E-state index in [2.05, 4.69) is 31.1 Å². The van der Waals surface area contributed by atoms with Gasteiger partial charge in [0, 0.05) is 28.2 Å². The molecular weight excluding hydrogens is 346 g/mol. The van der Waals surface area contributed by atoms with Crippen molar-refractivity contribution < 1.29 is 9.94 Å². The molecule has 22 heavy (non-hydrogen) atoms. The summed E-state index contributed by atoms with van der Waals surface area (Å²) in [5.41, 5.74) is 3.42. The van der Waals surface area contributed by atoms with Gasteiger partial charge in [-0.05, 0) is 23.8 Å². The van der Waals surface area contributed by atoms with Gasteiger partial charge in [-0.1, -0.05) is 33.2 Å². The predicted molar refractivity (Wildman–Crippen MR) is 88.2 cm³/mol. The topological polar surface area (TPSA) is 67.1 Å². The second-order valence-corrected chi connectivity index (χ2v) is 5.82. The number of halogens is 1. The minimum absolute atomic E-state index is 0.523. The lowest BCUT2D eigenvalue weighted by Crippen LogP contribution is -2.10. The van der Waals surface area contributed by atoms with E-state index in [9.17, 15) is 5.21 Å². The summed E-state index contributed by atoms with van der Waals surface area (Å²) in [5.74, 6) is 1.25. The SMILES string of the molecule is COC1=Nc2nccc(/C(Cc3cccc(Br)c3)=N/O)c2C1. The van der Waals surface area contributed by atoms with E-state index in [-0.39, 0.29) is 0 Å². The number of fused-ring (bicyclic) bond motifs is 1. The van der Waals surface area contributed by atoms with Crippen LogP contribution in [0.15, 0.2) is 51.1 Å². The zero-order valence-electron chi connectivity index (χ0n) is 12.0.